The van der Waals surface area contributed by atoms with E-state index in [0.717, 1.165) is 36.5 Å². The molecule has 146 valence electrons. The third-order valence-electron chi connectivity index (χ3n) is 5.54. The number of benzene rings is 2. The Morgan fingerprint density at radius 1 is 1.17 bits per heavy atom. The second-order valence-corrected chi connectivity index (χ2v) is 7.37. The number of aromatic nitrogens is 2. The van der Waals surface area contributed by atoms with Gasteiger partial charge < -0.3 is 15.5 Å². The van der Waals surface area contributed by atoms with Crippen molar-refractivity contribution in [1.82, 2.24) is 15.5 Å². The highest BCUT2D eigenvalue weighted by Crippen LogP contribution is 2.34. The van der Waals surface area contributed by atoms with E-state index < -0.39 is 0 Å². The summed E-state index contributed by atoms with van der Waals surface area (Å²) in [4.78, 5) is 27.7. The molecule has 7 nitrogen and oxygen atoms in total. The molecule has 1 fully saturated rings. The van der Waals surface area contributed by atoms with Crippen LogP contribution in [0.25, 0.3) is 11.3 Å². The van der Waals surface area contributed by atoms with Gasteiger partial charge in [0.1, 0.15) is 6.04 Å². The third-order valence-corrected chi connectivity index (χ3v) is 5.54. The first-order valence-electron chi connectivity index (χ1n) is 9.77. The molecule has 29 heavy (non-hydrogen) atoms. The van der Waals surface area contributed by atoms with Gasteiger partial charge in [-0.25, -0.2) is 0 Å². The number of carbonyl (C=O) groups excluding carboxylic acids is 2. The van der Waals surface area contributed by atoms with Gasteiger partial charge in [0.25, 0.3) is 5.91 Å². The minimum Gasteiger partial charge on any atom is -0.359 e. The van der Waals surface area contributed by atoms with E-state index in [1.807, 2.05) is 36.4 Å². The zero-order valence-corrected chi connectivity index (χ0v) is 15.8. The Labute approximate surface area is 168 Å². The Morgan fingerprint density at radius 3 is 2.97 bits per heavy atom. The summed E-state index contributed by atoms with van der Waals surface area (Å²) in [5.74, 6) is -0.0629. The zero-order valence-electron chi connectivity index (χ0n) is 15.8. The topological polar surface area (TPSA) is 90.1 Å². The molecule has 1 aromatic heterocycles. The quantitative estimate of drug-likeness (QED) is 0.643. The molecule has 0 bridgehead atoms. The van der Waals surface area contributed by atoms with Gasteiger partial charge in [-0.2, -0.15) is 5.10 Å². The lowest BCUT2D eigenvalue weighted by Crippen LogP contribution is -2.40. The molecule has 1 saturated heterocycles. The van der Waals surface area contributed by atoms with Crippen molar-refractivity contribution in [2.75, 3.05) is 29.9 Å². The lowest BCUT2D eigenvalue weighted by Gasteiger charge is -2.23. The molecular formula is C22H21N5O2. The highest BCUT2D eigenvalue weighted by Gasteiger charge is 2.37. The van der Waals surface area contributed by atoms with E-state index in [4.69, 9.17) is 0 Å². The monoisotopic (exact) mass is 387 g/mol. The van der Waals surface area contributed by atoms with E-state index in [0.29, 0.717) is 23.4 Å². The average molecular weight is 387 g/mol. The fourth-order valence-electron chi connectivity index (χ4n) is 4.08. The minimum atomic E-state index is -0.196. The van der Waals surface area contributed by atoms with Crippen molar-refractivity contribution in [1.29, 1.82) is 0 Å². The molecule has 7 heteroatoms. The number of carbonyl (C=O) groups is 2. The molecule has 2 aliphatic heterocycles. The van der Waals surface area contributed by atoms with Crippen LogP contribution in [0.1, 0.15) is 27.1 Å². The van der Waals surface area contributed by atoms with E-state index in [1.165, 1.54) is 0 Å². The Kier molecular flexibility index (Phi) is 4.37. The molecule has 1 amide bonds. The van der Waals surface area contributed by atoms with Crippen LogP contribution >= 0.6 is 0 Å². The summed E-state index contributed by atoms with van der Waals surface area (Å²) in [6.45, 7) is 2.37. The van der Waals surface area contributed by atoms with Crippen molar-refractivity contribution >= 4 is 23.1 Å². The predicted octanol–water partition coefficient (Wildman–Crippen LogP) is 2.69. The number of Topliss-reactive ketones (excluding diaryl/α,β-unsaturated/α-hetero) is 1. The van der Waals surface area contributed by atoms with Crippen LogP contribution < -0.4 is 15.5 Å². The summed E-state index contributed by atoms with van der Waals surface area (Å²) in [6.07, 6.45) is 2.66. The van der Waals surface area contributed by atoms with Crippen LogP contribution in [-0.2, 0) is 0 Å². The summed E-state index contributed by atoms with van der Waals surface area (Å²) in [5.41, 5.74) is 4.65. The molecule has 1 unspecified atom stereocenters. The molecule has 1 atom stereocenters. The normalized spacial score (nSPS) is 18.1. The highest BCUT2D eigenvalue weighted by atomic mass is 16.1. The van der Waals surface area contributed by atoms with Crippen molar-refractivity contribution in [3.8, 4) is 11.3 Å². The van der Waals surface area contributed by atoms with Gasteiger partial charge in [0, 0.05) is 47.4 Å². The summed E-state index contributed by atoms with van der Waals surface area (Å²) >= 11 is 0. The average Bonchev–Trinajstić information content (AvgIpc) is 3.28. The van der Waals surface area contributed by atoms with E-state index in [-0.39, 0.29) is 17.7 Å². The van der Waals surface area contributed by atoms with Gasteiger partial charge >= 0.3 is 0 Å². The van der Waals surface area contributed by atoms with Crippen molar-refractivity contribution in [2.24, 2.45) is 0 Å². The Balaban J connectivity index is 1.40. The maximum Gasteiger partial charge on any atom is 0.255 e. The molecule has 3 N–H and O–H groups in total. The number of amides is 1. The first-order valence-corrected chi connectivity index (χ1v) is 9.77. The largest absolute Gasteiger partial charge is 0.359 e. The van der Waals surface area contributed by atoms with Crippen molar-refractivity contribution in [2.45, 2.75) is 12.5 Å². The van der Waals surface area contributed by atoms with Crippen LogP contribution in [0.3, 0.4) is 0 Å². The first-order chi connectivity index (χ1) is 14.2. The summed E-state index contributed by atoms with van der Waals surface area (Å²) in [5, 5.41) is 13.2. The predicted molar refractivity (Wildman–Crippen MR) is 111 cm³/mol. The van der Waals surface area contributed by atoms with Crippen LogP contribution in [0.15, 0.2) is 54.7 Å². The number of nitrogens with zero attached hydrogens (tertiary/aromatic N) is 2. The number of anilines is 2. The van der Waals surface area contributed by atoms with Gasteiger partial charge in [0.15, 0.2) is 5.78 Å². The molecule has 0 radical (unpaired) electrons. The smallest absolute Gasteiger partial charge is 0.255 e. The number of ketones is 1. The van der Waals surface area contributed by atoms with Gasteiger partial charge in [-0.15, -0.1) is 0 Å². The number of aromatic amines is 1. The lowest BCUT2D eigenvalue weighted by molar-refractivity contribution is 0.0970. The van der Waals surface area contributed by atoms with Crippen LogP contribution in [0.2, 0.25) is 0 Å². The number of fused-ring (bicyclic) bond motifs is 3. The number of rotatable bonds is 3. The molecule has 0 aliphatic carbocycles. The molecule has 2 aliphatic rings. The summed E-state index contributed by atoms with van der Waals surface area (Å²) in [7, 11) is 0. The van der Waals surface area contributed by atoms with E-state index in [2.05, 4.69) is 25.7 Å². The minimum absolute atomic E-state index is 0.133. The maximum atomic E-state index is 12.9. The van der Waals surface area contributed by atoms with Crippen LogP contribution in [0.5, 0.6) is 0 Å². The van der Waals surface area contributed by atoms with Crippen molar-refractivity contribution in [3.05, 3.63) is 65.9 Å². The van der Waals surface area contributed by atoms with Gasteiger partial charge in [0.2, 0.25) is 0 Å². The first kappa shape index (κ1) is 17.6. The van der Waals surface area contributed by atoms with Crippen LogP contribution in [-0.4, -0.2) is 47.6 Å². The van der Waals surface area contributed by atoms with Gasteiger partial charge in [-0.05, 0) is 49.4 Å². The van der Waals surface area contributed by atoms with Crippen LogP contribution in [0.4, 0.5) is 11.4 Å². The fourth-order valence-corrected chi connectivity index (χ4v) is 4.08. The second-order valence-electron chi connectivity index (χ2n) is 7.37. The summed E-state index contributed by atoms with van der Waals surface area (Å²) in [6, 6.07) is 14.7. The maximum absolute atomic E-state index is 12.9. The molecule has 3 aromatic rings. The Morgan fingerprint density at radius 2 is 2.10 bits per heavy atom. The fraction of sp³-hybridized carbons (Fsp3) is 0.227. The Bertz CT molecular complexity index is 1080. The zero-order chi connectivity index (χ0) is 19.8. The molecule has 2 aromatic carbocycles. The number of H-pyrrole nitrogens is 1. The summed E-state index contributed by atoms with van der Waals surface area (Å²) < 4.78 is 0. The third kappa shape index (κ3) is 3.19. The highest BCUT2D eigenvalue weighted by molar-refractivity contribution is 6.13. The van der Waals surface area contributed by atoms with E-state index in [9.17, 15) is 9.59 Å². The molecule has 0 spiro atoms. The van der Waals surface area contributed by atoms with Gasteiger partial charge in [-0.3, -0.25) is 14.7 Å². The molecule has 3 heterocycles. The number of hydrogen-bond donors (Lipinski definition) is 3. The van der Waals surface area contributed by atoms with Crippen molar-refractivity contribution < 1.29 is 9.59 Å². The van der Waals surface area contributed by atoms with E-state index in [1.54, 1.807) is 18.3 Å². The van der Waals surface area contributed by atoms with Gasteiger partial charge in [-0.1, -0.05) is 12.1 Å². The Hall–Kier alpha value is -3.45. The molecule has 0 saturated carbocycles. The van der Waals surface area contributed by atoms with Crippen molar-refractivity contribution in [3.63, 3.8) is 0 Å². The van der Waals surface area contributed by atoms with Crippen LogP contribution in [0, 0.1) is 0 Å². The standard InChI is InChI=1S/C22H21N5O2/c28-21-17-6-5-15(12-19(17)27-10-2-8-23-13-20(21)27)22(29)25-16-4-1-3-14(11-16)18-7-9-24-26-18/h1,3-7,9,11-12,20,23H,2,8,10,13H2,(H,24,26)(H,25,29). The number of nitrogens with one attached hydrogen (secondary N) is 3. The number of hydrogen-bond acceptors (Lipinski definition) is 5. The second kappa shape index (κ2) is 7.18. The SMILES string of the molecule is O=C(Nc1cccc(-c2ccn[nH]2)c1)c1ccc2c(c1)N1CCCNCC1C2=O. The molecular weight excluding hydrogens is 366 g/mol. The molecule has 5 rings (SSSR count). The van der Waals surface area contributed by atoms with E-state index >= 15 is 0 Å². The van der Waals surface area contributed by atoms with Gasteiger partial charge in [0.05, 0.1) is 5.69 Å². The lowest BCUT2D eigenvalue weighted by atomic mass is 10.1.